The van der Waals surface area contributed by atoms with E-state index in [0.717, 1.165) is 32.0 Å². The first-order valence-corrected chi connectivity index (χ1v) is 12.3. The monoisotopic (exact) mass is 485 g/mol. The molecule has 0 aliphatic heterocycles. The summed E-state index contributed by atoms with van der Waals surface area (Å²) in [7, 11) is 0. The van der Waals surface area contributed by atoms with Gasteiger partial charge in [0.05, 0.1) is 16.8 Å². The first kappa shape index (κ1) is 22.7. The number of rotatable bonds is 8. The second-order valence-electron chi connectivity index (χ2n) is 7.31. The Morgan fingerprint density at radius 3 is 2.78 bits per heavy atom. The summed E-state index contributed by atoms with van der Waals surface area (Å²) >= 11 is 9.30. The van der Waals surface area contributed by atoms with E-state index in [1.54, 1.807) is 41.2 Å². The van der Waals surface area contributed by atoms with Crippen LogP contribution in [0.15, 0.2) is 65.8 Å². The number of benzene rings is 2. The molecule has 164 valence electrons. The number of halogens is 2. The summed E-state index contributed by atoms with van der Waals surface area (Å²) in [6.07, 6.45) is 4.58. The molecule has 2 aromatic carbocycles. The van der Waals surface area contributed by atoms with Crippen LogP contribution in [0.3, 0.4) is 0 Å². The first-order chi connectivity index (χ1) is 15.5. The van der Waals surface area contributed by atoms with Crippen LogP contribution in [-0.2, 0) is 11.3 Å². The average molecular weight is 486 g/mol. The fraction of sp³-hybridized carbons (Fsp3) is 0.208. The van der Waals surface area contributed by atoms with Gasteiger partial charge in [-0.2, -0.15) is 0 Å². The van der Waals surface area contributed by atoms with Crippen LogP contribution in [0.25, 0.3) is 10.2 Å². The lowest BCUT2D eigenvalue weighted by atomic mass is 10.2. The van der Waals surface area contributed by atoms with Crippen LogP contribution in [0.2, 0.25) is 5.02 Å². The van der Waals surface area contributed by atoms with Gasteiger partial charge in [-0.15, -0.1) is 11.8 Å². The number of aryl methyl sites for hydroxylation is 1. The number of thioether (sulfide) groups is 1. The summed E-state index contributed by atoms with van der Waals surface area (Å²) in [5, 5.41) is 1.32. The summed E-state index contributed by atoms with van der Waals surface area (Å²) in [6.45, 7) is 2.38. The van der Waals surface area contributed by atoms with Crippen LogP contribution >= 0.6 is 34.7 Å². The molecule has 2 aromatic heterocycles. The highest BCUT2D eigenvalue weighted by Crippen LogP contribution is 2.34. The number of carbonyl (C=O) groups excluding carboxylic acids is 1. The maximum atomic E-state index is 13.2. The van der Waals surface area contributed by atoms with Gasteiger partial charge in [0.25, 0.3) is 0 Å². The molecule has 0 saturated carbocycles. The quantitative estimate of drug-likeness (QED) is 0.201. The number of anilines is 1. The van der Waals surface area contributed by atoms with E-state index in [1.807, 2.05) is 31.2 Å². The van der Waals surface area contributed by atoms with Crippen molar-refractivity contribution in [2.75, 3.05) is 10.7 Å². The molecule has 0 spiro atoms. The number of nitrogens with zero attached hydrogens (tertiary/aromatic N) is 3. The van der Waals surface area contributed by atoms with Gasteiger partial charge in [0.1, 0.15) is 5.82 Å². The minimum absolute atomic E-state index is 0.0105. The Kier molecular flexibility index (Phi) is 7.40. The van der Waals surface area contributed by atoms with Crippen molar-refractivity contribution >= 4 is 56.0 Å². The van der Waals surface area contributed by atoms with Gasteiger partial charge < -0.3 is 0 Å². The second kappa shape index (κ2) is 10.4. The third kappa shape index (κ3) is 5.65. The molecule has 0 saturated heterocycles. The predicted octanol–water partition coefficient (Wildman–Crippen LogP) is 6.90. The molecule has 0 aliphatic carbocycles. The number of amides is 1. The Hall–Kier alpha value is -2.48. The standard InChI is InChI=1S/C24H21ClFN3OS2/c1-16-12-18(25)13-21-23(16)28-24(32-21)29(15-17-4-2-10-27-14-17)22(30)5-3-11-31-20-8-6-19(26)7-9-20/h2,4,6-10,12-14H,3,5,11,15H2,1H3. The van der Waals surface area contributed by atoms with E-state index in [1.165, 1.54) is 23.5 Å². The molecule has 0 aliphatic rings. The molecule has 1 amide bonds. The molecular weight excluding hydrogens is 465 g/mol. The van der Waals surface area contributed by atoms with Crippen molar-refractivity contribution in [3.05, 3.63) is 82.9 Å². The number of carbonyl (C=O) groups is 1. The fourth-order valence-electron chi connectivity index (χ4n) is 3.27. The maximum Gasteiger partial charge on any atom is 0.229 e. The summed E-state index contributed by atoms with van der Waals surface area (Å²) in [5.74, 6) is 0.534. The SMILES string of the molecule is Cc1cc(Cl)cc2sc(N(Cc3cccnc3)C(=O)CCCSc3ccc(F)cc3)nc12. The van der Waals surface area contributed by atoms with Gasteiger partial charge in [0, 0.05) is 28.7 Å². The Morgan fingerprint density at radius 2 is 2.03 bits per heavy atom. The lowest BCUT2D eigenvalue weighted by Crippen LogP contribution is -2.30. The number of hydrogen-bond donors (Lipinski definition) is 0. The van der Waals surface area contributed by atoms with E-state index in [9.17, 15) is 9.18 Å². The summed E-state index contributed by atoms with van der Waals surface area (Å²) in [6, 6.07) is 14.0. The second-order valence-corrected chi connectivity index (χ2v) is 9.93. The van der Waals surface area contributed by atoms with Gasteiger partial charge in [-0.25, -0.2) is 9.37 Å². The van der Waals surface area contributed by atoms with Crippen molar-refractivity contribution in [3.63, 3.8) is 0 Å². The van der Waals surface area contributed by atoms with Gasteiger partial charge >= 0.3 is 0 Å². The van der Waals surface area contributed by atoms with E-state index in [0.29, 0.717) is 29.5 Å². The number of pyridine rings is 1. The van der Waals surface area contributed by atoms with Gasteiger partial charge in [-0.1, -0.05) is 29.0 Å². The molecule has 4 nitrogen and oxygen atoms in total. The molecule has 8 heteroatoms. The Bertz CT molecular complexity index is 1220. The van der Waals surface area contributed by atoms with E-state index >= 15 is 0 Å². The minimum Gasteiger partial charge on any atom is -0.284 e. The van der Waals surface area contributed by atoms with Gasteiger partial charge in [-0.3, -0.25) is 14.7 Å². The zero-order chi connectivity index (χ0) is 22.5. The zero-order valence-electron chi connectivity index (χ0n) is 17.4. The summed E-state index contributed by atoms with van der Waals surface area (Å²) in [5.41, 5.74) is 2.79. The average Bonchev–Trinajstić information content (AvgIpc) is 3.21. The molecule has 0 N–H and O–H groups in total. The van der Waals surface area contributed by atoms with Crippen molar-refractivity contribution in [1.29, 1.82) is 0 Å². The van der Waals surface area contributed by atoms with Crippen LogP contribution in [0, 0.1) is 12.7 Å². The molecule has 0 atom stereocenters. The van der Waals surface area contributed by atoms with Crippen LogP contribution in [0.4, 0.5) is 9.52 Å². The molecule has 2 heterocycles. The molecule has 32 heavy (non-hydrogen) atoms. The van der Waals surface area contributed by atoms with Crippen molar-refractivity contribution in [2.24, 2.45) is 0 Å². The van der Waals surface area contributed by atoms with Crippen LogP contribution < -0.4 is 4.90 Å². The van der Waals surface area contributed by atoms with Crippen molar-refractivity contribution < 1.29 is 9.18 Å². The molecule has 0 radical (unpaired) electrons. The van der Waals surface area contributed by atoms with Crippen LogP contribution in [0.5, 0.6) is 0 Å². The molecule has 0 unspecified atom stereocenters. The molecule has 4 rings (SSSR count). The Balaban J connectivity index is 1.49. The molecule has 0 fully saturated rings. The van der Waals surface area contributed by atoms with Gasteiger partial charge in [-0.05, 0) is 72.7 Å². The van der Waals surface area contributed by atoms with E-state index < -0.39 is 0 Å². The Labute approximate surface area is 199 Å². The zero-order valence-corrected chi connectivity index (χ0v) is 19.8. The topological polar surface area (TPSA) is 46.1 Å². The summed E-state index contributed by atoms with van der Waals surface area (Å²) < 4.78 is 14.0. The third-order valence-corrected chi connectivity index (χ3v) is 7.19. The molecule has 0 bridgehead atoms. The highest BCUT2D eigenvalue weighted by molar-refractivity contribution is 7.99. The molecular formula is C24H21ClFN3OS2. The lowest BCUT2D eigenvalue weighted by molar-refractivity contribution is -0.118. The van der Waals surface area contributed by atoms with Gasteiger partial charge in [0.15, 0.2) is 5.13 Å². The lowest BCUT2D eigenvalue weighted by Gasteiger charge is -2.20. The third-order valence-electron chi connectivity index (χ3n) is 4.85. The normalized spacial score (nSPS) is 11.1. The predicted molar refractivity (Wildman–Crippen MR) is 131 cm³/mol. The Morgan fingerprint density at radius 1 is 1.22 bits per heavy atom. The maximum absolute atomic E-state index is 13.2. The highest BCUT2D eigenvalue weighted by atomic mass is 35.5. The highest BCUT2D eigenvalue weighted by Gasteiger charge is 2.21. The van der Waals surface area contributed by atoms with E-state index in [4.69, 9.17) is 16.6 Å². The summed E-state index contributed by atoms with van der Waals surface area (Å²) in [4.78, 5) is 24.9. The smallest absolute Gasteiger partial charge is 0.229 e. The number of hydrogen-bond acceptors (Lipinski definition) is 5. The fourth-order valence-corrected chi connectivity index (χ4v) is 5.56. The number of thiazole rings is 1. The van der Waals surface area contributed by atoms with E-state index in [2.05, 4.69) is 4.98 Å². The van der Waals surface area contributed by atoms with Gasteiger partial charge in [0.2, 0.25) is 5.91 Å². The van der Waals surface area contributed by atoms with Crippen LogP contribution in [-0.4, -0.2) is 21.6 Å². The van der Waals surface area contributed by atoms with Crippen molar-refractivity contribution in [3.8, 4) is 0 Å². The number of fused-ring (bicyclic) bond motifs is 1. The van der Waals surface area contributed by atoms with Crippen molar-refractivity contribution in [2.45, 2.75) is 31.2 Å². The van der Waals surface area contributed by atoms with Crippen molar-refractivity contribution in [1.82, 2.24) is 9.97 Å². The molecule has 4 aromatic rings. The van der Waals surface area contributed by atoms with E-state index in [-0.39, 0.29) is 11.7 Å². The first-order valence-electron chi connectivity index (χ1n) is 10.1. The number of aromatic nitrogens is 2. The largest absolute Gasteiger partial charge is 0.284 e. The minimum atomic E-state index is -0.247. The van der Waals surface area contributed by atoms with Crippen LogP contribution in [0.1, 0.15) is 24.0 Å².